The third kappa shape index (κ3) is 2.21. The summed E-state index contributed by atoms with van der Waals surface area (Å²) in [4.78, 5) is 1.89. The van der Waals surface area contributed by atoms with Gasteiger partial charge < -0.3 is 10.1 Å². The average molecular weight is 154 g/mol. The van der Waals surface area contributed by atoms with Crippen LogP contribution in [-0.2, 0) is 0 Å². The lowest BCUT2D eigenvalue weighted by Gasteiger charge is -2.36. The van der Waals surface area contributed by atoms with E-state index in [1.165, 1.54) is 6.42 Å². The first-order valence-electron chi connectivity index (χ1n) is 4.64. The number of rotatable bonds is 0. The lowest BCUT2D eigenvalue weighted by molar-refractivity contribution is 0.191. The predicted octanol–water partition coefficient (Wildman–Crippen LogP) is 1.13. The smallest absolute Gasteiger partial charge is 0.184 e. The average Bonchev–Trinajstić information content (AvgIpc) is 2.71. The minimum Gasteiger partial charge on any atom is -0.336 e. The SMILES string of the molecule is CC.CC.[B]N1C2CNC1C2. The van der Waals surface area contributed by atoms with Gasteiger partial charge in [-0.2, -0.15) is 0 Å². The van der Waals surface area contributed by atoms with Crippen molar-refractivity contribution in [3.63, 3.8) is 0 Å². The Hall–Kier alpha value is -0.0151. The molecule has 11 heavy (non-hydrogen) atoms. The summed E-state index contributed by atoms with van der Waals surface area (Å²) in [6.45, 7) is 9.10. The molecule has 0 aromatic rings. The second-order valence-corrected chi connectivity index (χ2v) is 2.26. The molecular formula is C8H19BN2. The lowest BCUT2D eigenvalue weighted by Crippen LogP contribution is -2.49. The van der Waals surface area contributed by atoms with E-state index in [4.69, 9.17) is 7.98 Å². The molecule has 3 saturated heterocycles. The first-order chi connectivity index (χ1) is 5.38. The molecule has 3 aliphatic heterocycles. The summed E-state index contributed by atoms with van der Waals surface area (Å²) in [5, 5.41) is 3.24. The van der Waals surface area contributed by atoms with Gasteiger partial charge in [-0.3, -0.25) is 0 Å². The Morgan fingerprint density at radius 3 is 1.91 bits per heavy atom. The molecule has 64 valence electrons. The number of hydrogen-bond acceptors (Lipinski definition) is 2. The summed E-state index contributed by atoms with van der Waals surface area (Å²) in [6.07, 6.45) is 1.78. The van der Waals surface area contributed by atoms with Crippen molar-refractivity contribution in [3.05, 3.63) is 0 Å². The quantitative estimate of drug-likeness (QED) is 0.526. The van der Waals surface area contributed by atoms with Crippen molar-refractivity contribution in [2.24, 2.45) is 0 Å². The molecular weight excluding hydrogens is 135 g/mol. The van der Waals surface area contributed by atoms with Gasteiger partial charge in [0.1, 0.15) is 0 Å². The molecule has 0 aliphatic carbocycles. The van der Waals surface area contributed by atoms with Crippen molar-refractivity contribution >= 4 is 7.98 Å². The first-order valence-corrected chi connectivity index (χ1v) is 4.64. The molecule has 1 N–H and O–H groups in total. The van der Waals surface area contributed by atoms with Gasteiger partial charge in [0.2, 0.25) is 0 Å². The van der Waals surface area contributed by atoms with E-state index in [1.807, 2.05) is 32.5 Å². The maximum absolute atomic E-state index is 5.50. The molecule has 0 aromatic heterocycles. The first kappa shape index (κ1) is 11.0. The van der Waals surface area contributed by atoms with Gasteiger partial charge in [-0.05, 0) is 6.42 Å². The van der Waals surface area contributed by atoms with E-state index in [1.54, 1.807) is 0 Å². The molecule has 2 unspecified atom stereocenters. The van der Waals surface area contributed by atoms with Gasteiger partial charge in [0.25, 0.3) is 0 Å². The fourth-order valence-corrected chi connectivity index (χ4v) is 1.27. The second kappa shape index (κ2) is 5.61. The minimum atomic E-state index is 0.519. The monoisotopic (exact) mass is 154 g/mol. The van der Waals surface area contributed by atoms with Crippen LogP contribution in [0.2, 0.25) is 0 Å². The van der Waals surface area contributed by atoms with Crippen LogP contribution in [-0.4, -0.2) is 31.5 Å². The second-order valence-electron chi connectivity index (χ2n) is 2.26. The summed E-state index contributed by atoms with van der Waals surface area (Å²) in [5.41, 5.74) is 0. The van der Waals surface area contributed by atoms with Crippen LogP contribution in [0, 0.1) is 0 Å². The number of fused-ring (bicyclic) bond motifs is 1. The van der Waals surface area contributed by atoms with E-state index in [9.17, 15) is 0 Å². The summed E-state index contributed by atoms with van der Waals surface area (Å²) >= 11 is 0. The molecule has 2 radical (unpaired) electrons. The molecule has 3 rings (SSSR count). The van der Waals surface area contributed by atoms with E-state index >= 15 is 0 Å². The van der Waals surface area contributed by atoms with Gasteiger partial charge in [-0.25, -0.2) is 0 Å². The third-order valence-corrected chi connectivity index (χ3v) is 1.87. The molecule has 0 saturated carbocycles. The van der Waals surface area contributed by atoms with Crippen molar-refractivity contribution in [2.75, 3.05) is 6.54 Å². The highest BCUT2D eigenvalue weighted by atomic mass is 15.4. The van der Waals surface area contributed by atoms with Crippen LogP contribution in [0.25, 0.3) is 0 Å². The molecule has 0 spiro atoms. The Balaban J connectivity index is 0.000000222. The Morgan fingerprint density at radius 1 is 1.27 bits per heavy atom. The van der Waals surface area contributed by atoms with E-state index < -0.39 is 0 Å². The number of nitrogens with zero attached hydrogens (tertiary/aromatic N) is 1. The number of nitrogens with one attached hydrogen (secondary N) is 1. The van der Waals surface area contributed by atoms with Crippen molar-refractivity contribution < 1.29 is 0 Å². The Bertz CT molecular complexity index is 84.1. The van der Waals surface area contributed by atoms with Crippen LogP contribution < -0.4 is 5.32 Å². The van der Waals surface area contributed by atoms with Crippen LogP contribution >= 0.6 is 0 Å². The highest BCUT2D eigenvalue weighted by molar-refractivity contribution is 6.05. The standard InChI is InChI=1S/C4H7BN2.2C2H6/c5-7-3-1-4(7)6-2-3;2*1-2/h3-4,6H,1-2H2;2*1-2H3. The van der Waals surface area contributed by atoms with Crippen LogP contribution in [0.15, 0.2) is 0 Å². The fraction of sp³-hybridized carbons (Fsp3) is 1.00. The number of hydrogen-bond donors (Lipinski definition) is 1. The lowest BCUT2D eigenvalue weighted by atomic mass is 10.00. The van der Waals surface area contributed by atoms with Crippen LogP contribution in [0.1, 0.15) is 34.1 Å². The maximum atomic E-state index is 5.50. The van der Waals surface area contributed by atoms with Gasteiger partial charge in [-0.15, -0.1) is 0 Å². The highest BCUT2D eigenvalue weighted by Crippen LogP contribution is 2.25. The Kier molecular flexibility index (Phi) is 5.60. The van der Waals surface area contributed by atoms with Gasteiger partial charge in [0.15, 0.2) is 7.98 Å². The van der Waals surface area contributed by atoms with Gasteiger partial charge in [0, 0.05) is 12.6 Å². The summed E-state index contributed by atoms with van der Waals surface area (Å²) in [7, 11) is 5.50. The van der Waals surface area contributed by atoms with Crippen molar-refractivity contribution in [1.29, 1.82) is 0 Å². The minimum absolute atomic E-state index is 0.519. The third-order valence-electron chi connectivity index (χ3n) is 1.87. The predicted molar refractivity (Wildman–Crippen MR) is 50.5 cm³/mol. The fourth-order valence-electron chi connectivity index (χ4n) is 1.27. The molecule has 3 heteroatoms. The van der Waals surface area contributed by atoms with Crippen molar-refractivity contribution in [3.8, 4) is 0 Å². The molecule has 0 amide bonds. The summed E-state index contributed by atoms with van der Waals surface area (Å²) in [6, 6.07) is 0.657. The van der Waals surface area contributed by atoms with Crippen molar-refractivity contribution in [2.45, 2.75) is 46.3 Å². The molecule has 3 aliphatic rings. The molecule has 3 fully saturated rings. The van der Waals surface area contributed by atoms with Crippen molar-refractivity contribution in [1.82, 2.24) is 10.1 Å². The van der Waals surface area contributed by atoms with E-state index in [-0.39, 0.29) is 0 Å². The zero-order valence-electron chi connectivity index (χ0n) is 8.09. The van der Waals surface area contributed by atoms with Gasteiger partial charge >= 0.3 is 0 Å². The van der Waals surface area contributed by atoms with Crippen LogP contribution in [0.3, 0.4) is 0 Å². The summed E-state index contributed by atoms with van der Waals surface area (Å²) < 4.78 is 0. The molecule has 3 heterocycles. The maximum Gasteiger partial charge on any atom is 0.184 e. The van der Waals surface area contributed by atoms with Gasteiger partial charge in [-0.1, -0.05) is 27.7 Å². The highest BCUT2D eigenvalue weighted by Gasteiger charge is 2.40. The van der Waals surface area contributed by atoms with E-state index in [0.717, 1.165) is 6.54 Å². The molecule has 2 bridgehead atoms. The normalized spacial score (nSPS) is 32.4. The van der Waals surface area contributed by atoms with Gasteiger partial charge in [0.05, 0.1) is 6.17 Å². The largest absolute Gasteiger partial charge is 0.336 e. The van der Waals surface area contributed by atoms with E-state index in [0.29, 0.717) is 12.2 Å². The summed E-state index contributed by atoms with van der Waals surface area (Å²) in [5.74, 6) is 0. The molecule has 2 nitrogen and oxygen atoms in total. The molecule has 0 aromatic carbocycles. The zero-order chi connectivity index (χ0) is 8.85. The zero-order valence-corrected chi connectivity index (χ0v) is 8.09. The van der Waals surface area contributed by atoms with Crippen LogP contribution in [0.4, 0.5) is 0 Å². The molecule has 2 atom stereocenters. The van der Waals surface area contributed by atoms with Crippen LogP contribution in [0.5, 0.6) is 0 Å². The Labute approximate surface area is 71.8 Å². The topological polar surface area (TPSA) is 15.3 Å². The Morgan fingerprint density at radius 2 is 1.82 bits per heavy atom. The van der Waals surface area contributed by atoms with E-state index in [2.05, 4.69) is 5.32 Å².